The molecule has 0 aliphatic heterocycles. The Labute approximate surface area is 149 Å². The number of rotatable bonds is 9. The van der Waals surface area contributed by atoms with Crippen LogP contribution in [-0.4, -0.2) is 19.8 Å². The lowest BCUT2D eigenvalue weighted by molar-refractivity contribution is 0.287. The molecule has 132 valence electrons. The zero-order chi connectivity index (χ0) is 16.5. The number of nitrogens with one attached hydrogen (secondary N) is 1. The molecule has 3 nitrogen and oxygen atoms in total. The first kappa shape index (κ1) is 20.3. The zero-order valence-electron chi connectivity index (χ0n) is 14.2. The number of hydrogen-bond acceptors (Lipinski definition) is 3. The summed E-state index contributed by atoms with van der Waals surface area (Å²) in [5.74, 6) is 1.39. The van der Waals surface area contributed by atoms with Gasteiger partial charge in [0.2, 0.25) is 0 Å². The van der Waals surface area contributed by atoms with E-state index in [1.807, 2.05) is 44.2 Å². The third-order valence-corrected chi connectivity index (χ3v) is 3.47. The summed E-state index contributed by atoms with van der Waals surface area (Å²) in [5.41, 5.74) is 1.85. The summed E-state index contributed by atoms with van der Waals surface area (Å²) in [4.78, 5) is 0. The summed E-state index contributed by atoms with van der Waals surface area (Å²) < 4.78 is 24.7. The van der Waals surface area contributed by atoms with Crippen molar-refractivity contribution in [2.24, 2.45) is 0 Å². The van der Waals surface area contributed by atoms with Crippen molar-refractivity contribution in [2.45, 2.75) is 26.8 Å². The smallest absolute Gasteiger partial charge is 0.161 e. The standard InChI is InChI=1S/C19H24FNO2.ClH/c1-3-22-18-10-9-15(13-19(18)23-4-2)14-21-12-11-16-7-5-6-8-17(16)20;/h5-10,13,21H,3-4,11-12,14H2,1-2H3;1H. The minimum absolute atomic E-state index is 0. The number of hydrogen-bond donors (Lipinski definition) is 1. The molecule has 0 saturated heterocycles. The van der Waals surface area contributed by atoms with Gasteiger partial charge >= 0.3 is 0 Å². The summed E-state index contributed by atoms with van der Waals surface area (Å²) in [5, 5.41) is 3.34. The van der Waals surface area contributed by atoms with E-state index in [1.54, 1.807) is 6.07 Å². The van der Waals surface area contributed by atoms with Crippen LogP contribution in [0.25, 0.3) is 0 Å². The highest BCUT2D eigenvalue weighted by atomic mass is 35.5. The zero-order valence-corrected chi connectivity index (χ0v) is 15.0. The van der Waals surface area contributed by atoms with Gasteiger partial charge < -0.3 is 14.8 Å². The van der Waals surface area contributed by atoms with E-state index in [0.717, 1.165) is 29.2 Å². The quantitative estimate of drug-likeness (QED) is 0.679. The maximum absolute atomic E-state index is 13.5. The Balaban J connectivity index is 0.00000288. The Morgan fingerprint density at radius 3 is 2.38 bits per heavy atom. The molecule has 0 radical (unpaired) electrons. The van der Waals surface area contributed by atoms with Crippen LogP contribution in [0.3, 0.4) is 0 Å². The SMILES string of the molecule is CCOc1ccc(CNCCc2ccccc2F)cc1OCC.Cl. The van der Waals surface area contributed by atoms with Gasteiger partial charge in [-0.2, -0.15) is 0 Å². The lowest BCUT2D eigenvalue weighted by atomic mass is 10.1. The Bertz CT molecular complexity index is 622. The van der Waals surface area contributed by atoms with Crippen LogP contribution in [0.5, 0.6) is 11.5 Å². The van der Waals surface area contributed by atoms with Crippen molar-refractivity contribution >= 4 is 12.4 Å². The van der Waals surface area contributed by atoms with E-state index in [0.29, 0.717) is 26.2 Å². The van der Waals surface area contributed by atoms with Crippen LogP contribution in [0.1, 0.15) is 25.0 Å². The van der Waals surface area contributed by atoms with Crippen LogP contribution in [0.4, 0.5) is 4.39 Å². The van der Waals surface area contributed by atoms with Crippen LogP contribution in [0.15, 0.2) is 42.5 Å². The van der Waals surface area contributed by atoms with Crippen molar-refractivity contribution in [1.29, 1.82) is 0 Å². The van der Waals surface area contributed by atoms with Crippen molar-refractivity contribution in [3.05, 3.63) is 59.4 Å². The third kappa shape index (κ3) is 6.02. The normalized spacial score (nSPS) is 10.1. The van der Waals surface area contributed by atoms with Crippen molar-refractivity contribution in [3.63, 3.8) is 0 Å². The minimum atomic E-state index is -0.144. The second kappa shape index (κ2) is 10.9. The molecule has 2 aromatic carbocycles. The molecule has 0 atom stereocenters. The van der Waals surface area contributed by atoms with Gasteiger partial charge in [0.15, 0.2) is 11.5 Å². The van der Waals surface area contributed by atoms with Gasteiger partial charge in [-0.25, -0.2) is 4.39 Å². The van der Waals surface area contributed by atoms with Gasteiger partial charge in [-0.05, 0) is 56.1 Å². The highest BCUT2D eigenvalue weighted by Gasteiger charge is 2.06. The molecule has 0 bridgehead atoms. The molecule has 0 aromatic heterocycles. The van der Waals surface area contributed by atoms with E-state index < -0.39 is 0 Å². The van der Waals surface area contributed by atoms with Crippen molar-refractivity contribution < 1.29 is 13.9 Å². The lowest BCUT2D eigenvalue weighted by Gasteiger charge is -2.13. The number of benzene rings is 2. The first-order chi connectivity index (χ1) is 11.2. The van der Waals surface area contributed by atoms with Gasteiger partial charge in [-0.3, -0.25) is 0 Å². The lowest BCUT2D eigenvalue weighted by Crippen LogP contribution is -2.17. The van der Waals surface area contributed by atoms with E-state index in [-0.39, 0.29) is 18.2 Å². The maximum atomic E-state index is 13.5. The van der Waals surface area contributed by atoms with Gasteiger partial charge in [0.05, 0.1) is 13.2 Å². The molecule has 2 aromatic rings. The summed E-state index contributed by atoms with van der Waals surface area (Å²) >= 11 is 0. The largest absolute Gasteiger partial charge is 0.490 e. The molecule has 0 spiro atoms. The van der Waals surface area contributed by atoms with Crippen molar-refractivity contribution in [2.75, 3.05) is 19.8 Å². The van der Waals surface area contributed by atoms with Crippen LogP contribution in [-0.2, 0) is 13.0 Å². The molecule has 1 N–H and O–H groups in total. The van der Waals surface area contributed by atoms with Crippen LogP contribution in [0.2, 0.25) is 0 Å². The Kier molecular flexibility index (Phi) is 9.20. The minimum Gasteiger partial charge on any atom is -0.490 e. The second-order valence-corrected chi connectivity index (χ2v) is 5.17. The molecular weight excluding hydrogens is 329 g/mol. The first-order valence-corrected chi connectivity index (χ1v) is 8.07. The van der Waals surface area contributed by atoms with Crippen LogP contribution in [0, 0.1) is 5.82 Å². The topological polar surface area (TPSA) is 30.5 Å². The van der Waals surface area contributed by atoms with Crippen LogP contribution >= 0.6 is 12.4 Å². The molecule has 2 rings (SSSR count). The van der Waals surface area contributed by atoms with Gasteiger partial charge in [-0.1, -0.05) is 24.3 Å². The fraction of sp³-hybridized carbons (Fsp3) is 0.368. The third-order valence-electron chi connectivity index (χ3n) is 3.47. The van der Waals surface area contributed by atoms with E-state index in [9.17, 15) is 4.39 Å². The Morgan fingerprint density at radius 1 is 0.958 bits per heavy atom. The number of ether oxygens (including phenoxy) is 2. The first-order valence-electron chi connectivity index (χ1n) is 8.07. The predicted molar refractivity (Wildman–Crippen MR) is 97.8 cm³/mol. The molecule has 0 saturated carbocycles. The van der Waals surface area contributed by atoms with Crippen molar-refractivity contribution in [1.82, 2.24) is 5.32 Å². The molecule has 0 heterocycles. The van der Waals surface area contributed by atoms with E-state index in [4.69, 9.17) is 9.47 Å². The molecular formula is C19H25ClFNO2. The van der Waals surface area contributed by atoms with E-state index in [1.165, 1.54) is 6.07 Å². The summed E-state index contributed by atoms with van der Waals surface area (Å²) in [6.45, 7) is 6.55. The van der Waals surface area contributed by atoms with Crippen LogP contribution < -0.4 is 14.8 Å². The van der Waals surface area contributed by atoms with Gasteiger partial charge in [-0.15, -0.1) is 12.4 Å². The Hall–Kier alpha value is -1.78. The molecule has 0 unspecified atom stereocenters. The van der Waals surface area contributed by atoms with E-state index >= 15 is 0 Å². The Morgan fingerprint density at radius 2 is 1.67 bits per heavy atom. The number of halogens is 2. The average molecular weight is 354 g/mol. The average Bonchev–Trinajstić information content (AvgIpc) is 2.56. The fourth-order valence-electron chi connectivity index (χ4n) is 2.36. The predicted octanol–water partition coefficient (Wildman–Crippen LogP) is 4.38. The molecule has 0 aliphatic carbocycles. The summed E-state index contributed by atoms with van der Waals surface area (Å²) in [7, 11) is 0. The highest BCUT2D eigenvalue weighted by molar-refractivity contribution is 5.85. The van der Waals surface area contributed by atoms with Gasteiger partial charge in [0.1, 0.15) is 5.82 Å². The van der Waals surface area contributed by atoms with E-state index in [2.05, 4.69) is 5.32 Å². The maximum Gasteiger partial charge on any atom is 0.161 e. The van der Waals surface area contributed by atoms with Gasteiger partial charge in [0.25, 0.3) is 0 Å². The van der Waals surface area contributed by atoms with Gasteiger partial charge in [0, 0.05) is 6.54 Å². The fourth-order valence-corrected chi connectivity index (χ4v) is 2.36. The molecule has 24 heavy (non-hydrogen) atoms. The summed E-state index contributed by atoms with van der Waals surface area (Å²) in [6.07, 6.45) is 0.669. The monoisotopic (exact) mass is 353 g/mol. The molecule has 5 heteroatoms. The molecule has 0 fully saturated rings. The highest BCUT2D eigenvalue weighted by Crippen LogP contribution is 2.28. The summed E-state index contributed by atoms with van der Waals surface area (Å²) in [6, 6.07) is 12.8. The molecule has 0 aliphatic rings. The van der Waals surface area contributed by atoms with Crippen molar-refractivity contribution in [3.8, 4) is 11.5 Å². The molecule has 0 amide bonds. The second-order valence-electron chi connectivity index (χ2n) is 5.17.